The van der Waals surface area contributed by atoms with Crippen LogP contribution in [0.25, 0.3) is 0 Å². The summed E-state index contributed by atoms with van der Waals surface area (Å²) in [5.74, 6) is 0.468. The maximum atomic E-state index is 13.0. The average Bonchev–Trinajstić information content (AvgIpc) is 3.20. The Morgan fingerprint density at radius 1 is 1.23 bits per heavy atom. The number of hydrogen-bond donors (Lipinski definition) is 0. The molecule has 0 radical (unpaired) electrons. The summed E-state index contributed by atoms with van der Waals surface area (Å²) in [6, 6.07) is 0. The topological polar surface area (TPSA) is 94.0 Å². The van der Waals surface area contributed by atoms with Crippen LogP contribution in [0, 0.1) is 5.92 Å². The molecular formula is C20H32N4O5S. The van der Waals surface area contributed by atoms with E-state index in [9.17, 15) is 13.2 Å². The Labute approximate surface area is 178 Å². The van der Waals surface area contributed by atoms with Gasteiger partial charge in [-0.3, -0.25) is 4.90 Å². The van der Waals surface area contributed by atoms with Crippen molar-refractivity contribution < 1.29 is 22.7 Å². The molecule has 3 fully saturated rings. The minimum atomic E-state index is -3.41. The molecule has 0 aromatic carbocycles. The van der Waals surface area contributed by atoms with E-state index in [4.69, 9.17) is 9.47 Å². The van der Waals surface area contributed by atoms with Crippen molar-refractivity contribution in [2.24, 2.45) is 5.92 Å². The van der Waals surface area contributed by atoms with Crippen LogP contribution in [0.5, 0.6) is 0 Å². The van der Waals surface area contributed by atoms with Gasteiger partial charge in [0.1, 0.15) is 0 Å². The molecule has 0 bridgehead atoms. The molecule has 1 aliphatic carbocycles. The smallest absolute Gasteiger partial charge is 0.409 e. The highest BCUT2D eigenvalue weighted by atomic mass is 32.2. The maximum Gasteiger partial charge on any atom is 0.409 e. The van der Waals surface area contributed by atoms with Gasteiger partial charge in [-0.05, 0) is 38.5 Å². The quantitative estimate of drug-likeness (QED) is 0.605. The average molecular weight is 441 g/mol. The zero-order valence-corrected chi connectivity index (χ0v) is 18.5. The lowest BCUT2D eigenvalue weighted by atomic mass is 10.2. The van der Waals surface area contributed by atoms with E-state index in [-0.39, 0.29) is 29.0 Å². The van der Waals surface area contributed by atoms with Crippen LogP contribution in [-0.4, -0.2) is 85.1 Å². The van der Waals surface area contributed by atoms with Gasteiger partial charge in [-0.25, -0.2) is 18.2 Å². The number of sulfone groups is 1. The molecule has 1 atom stereocenters. The van der Waals surface area contributed by atoms with Gasteiger partial charge in [-0.15, -0.1) is 0 Å². The van der Waals surface area contributed by atoms with E-state index in [0.717, 1.165) is 38.0 Å². The third-order valence-electron chi connectivity index (χ3n) is 6.03. The summed E-state index contributed by atoms with van der Waals surface area (Å²) >= 11 is 0. The molecule has 9 nitrogen and oxygen atoms in total. The largest absolute Gasteiger partial charge is 0.450 e. The third-order valence-corrected chi connectivity index (χ3v) is 7.82. The number of piperazine rings is 1. The standard InChI is InChI=1S/C20H32N4O5S/c1-2-28-20(25)23-9-7-22(8-10-23)13-17-12-21-19(30(26,27)15-16-5-6-16)24(17)14-18-4-3-11-29-18/h12,16,18H,2-11,13-15H2,1H3. The van der Waals surface area contributed by atoms with Crippen LogP contribution in [0.4, 0.5) is 4.79 Å². The van der Waals surface area contributed by atoms with Crippen molar-refractivity contribution >= 4 is 15.9 Å². The van der Waals surface area contributed by atoms with Gasteiger partial charge in [-0.2, -0.15) is 0 Å². The van der Waals surface area contributed by atoms with E-state index < -0.39 is 9.84 Å². The summed E-state index contributed by atoms with van der Waals surface area (Å²) in [5.41, 5.74) is 0.893. The summed E-state index contributed by atoms with van der Waals surface area (Å²) in [6.07, 6.45) is 5.40. The van der Waals surface area contributed by atoms with Crippen LogP contribution >= 0.6 is 0 Å². The first-order valence-electron chi connectivity index (χ1n) is 11.0. The molecule has 1 aromatic heterocycles. The van der Waals surface area contributed by atoms with Crippen molar-refractivity contribution in [2.75, 3.05) is 45.1 Å². The van der Waals surface area contributed by atoms with E-state index in [1.54, 1.807) is 18.0 Å². The number of hydrogen-bond acceptors (Lipinski definition) is 7. The number of carbonyl (C=O) groups is 1. The van der Waals surface area contributed by atoms with Gasteiger partial charge >= 0.3 is 6.09 Å². The van der Waals surface area contributed by atoms with Crippen LogP contribution in [-0.2, 0) is 32.4 Å². The van der Waals surface area contributed by atoms with Gasteiger partial charge in [0, 0.05) is 39.3 Å². The molecule has 1 amide bonds. The molecule has 10 heteroatoms. The fourth-order valence-corrected chi connectivity index (χ4v) is 6.00. The molecule has 4 rings (SSSR count). The first kappa shape index (κ1) is 21.6. The molecule has 0 N–H and O–H groups in total. The van der Waals surface area contributed by atoms with Crippen LogP contribution in [0.15, 0.2) is 11.4 Å². The van der Waals surface area contributed by atoms with Crippen LogP contribution in [0.2, 0.25) is 0 Å². The van der Waals surface area contributed by atoms with E-state index in [0.29, 0.717) is 45.9 Å². The lowest BCUT2D eigenvalue weighted by Crippen LogP contribution is -2.48. The maximum absolute atomic E-state index is 13.0. The zero-order chi connectivity index (χ0) is 21.1. The Morgan fingerprint density at radius 2 is 2.00 bits per heavy atom. The van der Waals surface area contributed by atoms with Crippen molar-refractivity contribution in [1.29, 1.82) is 0 Å². The lowest BCUT2D eigenvalue weighted by molar-refractivity contribution is 0.0753. The normalized spacial score (nSPS) is 23.1. The second-order valence-corrected chi connectivity index (χ2v) is 10.4. The molecule has 3 heterocycles. The molecule has 168 valence electrons. The third kappa shape index (κ3) is 5.15. The molecular weight excluding hydrogens is 408 g/mol. The Bertz CT molecular complexity index is 837. The van der Waals surface area contributed by atoms with Crippen LogP contribution in [0.3, 0.4) is 0 Å². The van der Waals surface area contributed by atoms with Gasteiger partial charge in [0.2, 0.25) is 15.0 Å². The van der Waals surface area contributed by atoms with E-state index in [1.165, 1.54) is 0 Å². The minimum absolute atomic E-state index is 0.0356. The highest BCUT2D eigenvalue weighted by molar-refractivity contribution is 7.91. The second-order valence-electron chi connectivity index (χ2n) is 8.46. The minimum Gasteiger partial charge on any atom is -0.450 e. The summed E-state index contributed by atoms with van der Waals surface area (Å²) in [5, 5.41) is 0.185. The van der Waals surface area contributed by atoms with E-state index >= 15 is 0 Å². The Balaban J connectivity index is 1.46. The van der Waals surface area contributed by atoms with Gasteiger partial charge in [-0.1, -0.05) is 0 Å². The van der Waals surface area contributed by atoms with Crippen LogP contribution in [0.1, 0.15) is 38.3 Å². The van der Waals surface area contributed by atoms with Gasteiger partial charge in [0.15, 0.2) is 0 Å². The monoisotopic (exact) mass is 440 g/mol. The first-order valence-corrected chi connectivity index (χ1v) is 12.6. The van der Waals surface area contributed by atoms with Crippen molar-refractivity contribution in [1.82, 2.24) is 19.4 Å². The van der Waals surface area contributed by atoms with Gasteiger partial charge in [0.05, 0.1) is 36.9 Å². The second kappa shape index (κ2) is 9.23. The number of amides is 1. The SMILES string of the molecule is CCOC(=O)N1CCN(Cc2cnc(S(=O)(=O)CC3CC3)n2CC2CCCO2)CC1. The van der Waals surface area contributed by atoms with Crippen LogP contribution < -0.4 is 0 Å². The molecule has 3 aliphatic rings. The summed E-state index contributed by atoms with van der Waals surface area (Å²) in [7, 11) is -3.41. The summed E-state index contributed by atoms with van der Waals surface area (Å²) < 4.78 is 38.7. The number of rotatable bonds is 8. The number of ether oxygens (including phenoxy) is 2. The highest BCUT2D eigenvalue weighted by Gasteiger charge is 2.33. The molecule has 1 saturated carbocycles. The fraction of sp³-hybridized carbons (Fsp3) is 0.800. The molecule has 0 spiro atoms. The van der Waals surface area contributed by atoms with Crippen molar-refractivity contribution in [3.63, 3.8) is 0 Å². The lowest BCUT2D eigenvalue weighted by Gasteiger charge is -2.34. The number of nitrogens with zero attached hydrogens (tertiary/aromatic N) is 4. The predicted octanol–water partition coefficient (Wildman–Crippen LogP) is 1.52. The number of imidazole rings is 1. The summed E-state index contributed by atoms with van der Waals surface area (Å²) in [6.45, 7) is 6.68. The molecule has 1 aromatic rings. The molecule has 2 saturated heterocycles. The number of aromatic nitrogens is 2. The molecule has 1 unspecified atom stereocenters. The fourth-order valence-electron chi connectivity index (χ4n) is 4.16. The predicted molar refractivity (Wildman–Crippen MR) is 110 cm³/mol. The Kier molecular flexibility index (Phi) is 6.64. The van der Waals surface area contributed by atoms with Crippen molar-refractivity contribution in [3.05, 3.63) is 11.9 Å². The van der Waals surface area contributed by atoms with Crippen molar-refractivity contribution in [3.8, 4) is 0 Å². The molecule has 30 heavy (non-hydrogen) atoms. The molecule has 2 aliphatic heterocycles. The van der Waals surface area contributed by atoms with Gasteiger partial charge < -0.3 is 18.9 Å². The van der Waals surface area contributed by atoms with E-state index in [1.807, 2.05) is 4.57 Å². The summed E-state index contributed by atoms with van der Waals surface area (Å²) in [4.78, 5) is 20.2. The van der Waals surface area contributed by atoms with Gasteiger partial charge in [0.25, 0.3) is 0 Å². The Morgan fingerprint density at radius 3 is 2.63 bits per heavy atom. The van der Waals surface area contributed by atoms with Crippen molar-refractivity contribution in [2.45, 2.75) is 57.0 Å². The number of carbonyl (C=O) groups excluding carboxylic acids is 1. The highest BCUT2D eigenvalue weighted by Crippen LogP contribution is 2.32. The zero-order valence-electron chi connectivity index (χ0n) is 17.7. The Hall–Kier alpha value is -1.65. The van der Waals surface area contributed by atoms with E-state index in [2.05, 4.69) is 9.88 Å². The first-order chi connectivity index (χ1) is 14.5.